The Morgan fingerprint density at radius 1 is 0.893 bits per heavy atom. The molecular formula is C21H27N3O4. The zero-order chi connectivity index (χ0) is 19.9. The van der Waals surface area contributed by atoms with Crippen molar-refractivity contribution >= 4 is 17.3 Å². The van der Waals surface area contributed by atoms with Crippen molar-refractivity contribution in [1.82, 2.24) is 4.90 Å². The van der Waals surface area contributed by atoms with Crippen LogP contribution in [0.2, 0.25) is 0 Å². The maximum absolute atomic E-state index is 12.6. The van der Waals surface area contributed by atoms with E-state index in [4.69, 9.17) is 14.2 Å². The molecule has 0 aliphatic carbocycles. The summed E-state index contributed by atoms with van der Waals surface area (Å²) in [7, 11) is 4.69. The van der Waals surface area contributed by atoms with Gasteiger partial charge < -0.3 is 29.3 Å². The zero-order valence-electron chi connectivity index (χ0n) is 16.6. The van der Waals surface area contributed by atoms with Gasteiger partial charge in [0.1, 0.15) is 0 Å². The van der Waals surface area contributed by atoms with E-state index in [9.17, 15) is 4.79 Å². The minimum atomic E-state index is 0.0598. The number of hydrogen-bond acceptors (Lipinski definition) is 6. The number of carbonyl (C=O) groups is 1. The van der Waals surface area contributed by atoms with Gasteiger partial charge in [-0.05, 0) is 24.3 Å². The Labute approximate surface area is 165 Å². The van der Waals surface area contributed by atoms with Gasteiger partial charge in [0.25, 0.3) is 0 Å². The van der Waals surface area contributed by atoms with Gasteiger partial charge in [0.15, 0.2) is 11.5 Å². The number of methoxy groups -OCH3 is 3. The first kappa shape index (κ1) is 19.7. The number of ether oxygens (including phenoxy) is 3. The minimum Gasteiger partial charge on any atom is -0.493 e. The van der Waals surface area contributed by atoms with Gasteiger partial charge in [0, 0.05) is 31.9 Å². The molecular weight excluding hydrogens is 358 g/mol. The summed E-state index contributed by atoms with van der Waals surface area (Å²) >= 11 is 0. The maximum Gasteiger partial charge on any atom is 0.241 e. The number of carbonyl (C=O) groups excluding carboxylic acids is 1. The molecule has 2 aromatic carbocycles. The number of amides is 1. The molecule has 1 aliphatic rings. The molecule has 7 heteroatoms. The van der Waals surface area contributed by atoms with Crippen LogP contribution in [0.1, 0.15) is 0 Å². The minimum absolute atomic E-state index is 0.0598. The molecule has 1 aliphatic heterocycles. The Balaban J connectivity index is 1.58. The molecule has 0 atom stereocenters. The second kappa shape index (κ2) is 9.21. The van der Waals surface area contributed by atoms with E-state index in [0.29, 0.717) is 36.0 Å². The van der Waals surface area contributed by atoms with Gasteiger partial charge in [0.05, 0.1) is 33.6 Å². The lowest BCUT2D eigenvalue weighted by atomic mass is 10.2. The number of para-hydroxylation sites is 1. The summed E-state index contributed by atoms with van der Waals surface area (Å²) in [5, 5.41) is 3.16. The molecule has 1 heterocycles. The standard InChI is InChI=1S/C21H27N3O4/c1-26-18-10-9-17(20(27-2)21(18)28-3)22-15-19(25)24-13-11-23(12-14-24)16-7-5-4-6-8-16/h4-10,22H,11-15H2,1-3H3. The lowest BCUT2D eigenvalue weighted by molar-refractivity contribution is -0.129. The lowest BCUT2D eigenvalue weighted by Gasteiger charge is -2.36. The number of piperazine rings is 1. The van der Waals surface area contributed by atoms with Crippen LogP contribution in [0.5, 0.6) is 17.2 Å². The average Bonchev–Trinajstić information content (AvgIpc) is 2.77. The predicted octanol–water partition coefficient (Wildman–Crippen LogP) is 2.47. The van der Waals surface area contributed by atoms with Crippen LogP contribution in [0, 0.1) is 0 Å². The number of benzene rings is 2. The second-order valence-corrected chi connectivity index (χ2v) is 6.44. The third-order valence-electron chi connectivity index (χ3n) is 4.89. The van der Waals surface area contributed by atoms with Gasteiger partial charge in [-0.15, -0.1) is 0 Å². The highest BCUT2D eigenvalue weighted by Crippen LogP contribution is 2.42. The van der Waals surface area contributed by atoms with Gasteiger partial charge >= 0.3 is 0 Å². The van der Waals surface area contributed by atoms with Crippen molar-refractivity contribution in [3.8, 4) is 17.2 Å². The summed E-state index contributed by atoms with van der Waals surface area (Å²) in [6, 6.07) is 13.9. The average molecular weight is 385 g/mol. The molecule has 0 spiro atoms. The van der Waals surface area contributed by atoms with E-state index in [0.717, 1.165) is 13.1 Å². The quantitative estimate of drug-likeness (QED) is 0.790. The molecule has 1 fully saturated rings. The van der Waals surface area contributed by atoms with Crippen molar-refractivity contribution in [3.05, 3.63) is 42.5 Å². The highest BCUT2D eigenvalue weighted by atomic mass is 16.5. The summed E-state index contributed by atoms with van der Waals surface area (Å²) in [5.41, 5.74) is 1.89. The van der Waals surface area contributed by atoms with Crippen LogP contribution in [0.25, 0.3) is 0 Å². The largest absolute Gasteiger partial charge is 0.493 e. The van der Waals surface area contributed by atoms with Gasteiger partial charge in [0.2, 0.25) is 11.7 Å². The summed E-state index contributed by atoms with van der Waals surface area (Å²) < 4.78 is 16.1. The van der Waals surface area contributed by atoms with E-state index in [1.807, 2.05) is 29.2 Å². The van der Waals surface area contributed by atoms with Crippen molar-refractivity contribution in [2.75, 3.05) is 64.3 Å². The number of nitrogens with one attached hydrogen (secondary N) is 1. The summed E-state index contributed by atoms with van der Waals surface area (Å²) in [5.74, 6) is 1.65. The predicted molar refractivity (Wildman–Crippen MR) is 110 cm³/mol. The number of nitrogens with zero attached hydrogens (tertiary/aromatic N) is 2. The van der Waals surface area contributed by atoms with Crippen molar-refractivity contribution in [1.29, 1.82) is 0 Å². The molecule has 1 N–H and O–H groups in total. The van der Waals surface area contributed by atoms with Crippen LogP contribution >= 0.6 is 0 Å². The molecule has 0 unspecified atom stereocenters. The molecule has 0 saturated carbocycles. The van der Waals surface area contributed by atoms with Crippen LogP contribution in [-0.4, -0.2) is 64.9 Å². The van der Waals surface area contributed by atoms with Crippen LogP contribution < -0.4 is 24.4 Å². The van der Waals surface area contributed by atoms with Crippen LogP contribution in [-0.2, 0) is 4.79 Å². The first-order chi connectivity index (χ1) is 13.7. The Hall–Kier alpha value is -3.09. The van der Waals surface area contributed by atoms with Gasteiger partial charge in [-0.1, -0.05) is 18.2 Å². The molecule has 0 bridgehead atoms. The van der Waals surface area contributed by atoms with Crippen LogP contribution in [0.3, 0.4) is 0 Å². The van der Waals surface area contributed by atoms with Crippen molar-refractivity contribution in [2.24, 2.45) is 0 Å². The van der Waals surface area contributed by atoms with Crippen molar-refractivity contribution < 1.29 is 19.0 Å². The second-order valence-electron chi connectivity index (χ2n) is 6.44. The molecule has 150 valence electrons. The Kier molecular flexibility index (Phi) is 6.47. The van der Waals surface area contributed by atoms with Crippen molar-refractivity contribution in [2.45, 2.75) is 0 Å². The van der Waals surface area contributed by atoms with E-state index < -0.39 is 0 Å². The van der Waals surface area contributed by atoms with Gasteiger partial charge in [-0.3, -0.25) is 4.79 Å². The van der Waals surface area contributed by atoms with Crippen LogP contribution in [0.4, 0.5) is 11.4 Å². The molecule has 7 nitrogen and oxygen atoms in total. The Morgan fingerprint density at radius 2 is 1.57 bits per heavy atom. The van der Waals surface area contributed by atoms with Crippen LogP contribution in [0.15, 0.2) is 42.5 Å². The van der Waals surface area contributed by atoms with Gasteiger partial charge in [-0.2, -0.15) is 0 Å². The molecule has 0 radical (unpaired) electrons. The third kappa shape index (κ3) is 4.24. The molecule has 1 saturated heterocycles. The van der Waals surface area contributed by atoms with E-state index in [1.165, 1.54) is 5.69 Å². The Morgan fingerprint density at radius 3 is 2.18 bits per heavy atom. The van der Waals surface area contributed by atoms with E-state index in [2.05, 4.69) is 22.3 Å². The van der Waals surface area contributed by atoms with Gasteiger partial charge in [-0.25, -0.2) is 0 Å². The molecule has 2 aromatic rings. The number of anilines is 2. The maximum atomic E-state index is 12.6. The van der Waals surface area contributed by atoms with E-state index in [-0.39, 0.29) is 12.5 Å². The summed E-state index contributed by atoms with van der Waals surface area (Å²) in [4.78, 5) is 16.8. The highest BCUT2D eigenvalue weighted by Gasteiger charge is 2.22. The fourth-order valence-corrected chi connectivity index (χ4v) is 3.38. The monoisotopic (exact) mass is 385 g/mol. The first-order valence-electron chi connectivity index (χ1n) is 9.28. The highest BCUT2D eigenvalue weighted by molar-refractivity contribution is 5.82. The van der Waals surface area contributed by atoms with E-state index in [1.54, 1.807) is 27.4 Å². The fraction of sp³-hybridized carbons (Fsp3) is 0.381. The normalized spacial score (nSPS) is 13.8. The third-order valence-corrected chi connectivity index (χ3v) is 4.89. The smallest absolute Gasteiger partial charge is 0.241 e. The molecule has 1 amide bonds. The number of hydrogen-bond donors (Lipinski definition) is 1. The SMILES string of the molecule is COc1ccc(NCC(=O)N2CCN(c3ccccc3)CC2)c(OC)c1OC. The molecule has 28 heavy (non-hydrogen) atoms. The first-order valence-corrected chi connectivity index (χ1v) is 9.28. The lowest BCUT2D eigenvalue weighted by Crippen LogP contribution is -2.50. The molecule has 3 rings (SSSR count). The number of rotatable bonds is 7. The summed E-state index contributed by atoms with van der Waals surface area (Å²) in [6.07, 6.45) is 0. The zero-order valence-corrected chi connectivity index (χ0v) is 16.6. The molecule has 0 aromatic heterocycles. The topological polar surface area (TPSA) is 63.3 Å². The van der Waals surface area contributed by atoms with E-state index >= 15 is 0 Å². The Bertz CT molecular complexity index is 790. The van der Waals surface area contributed by atoms with Crippen molar-refractivity contribution in [3.63, 3.8) is 0 Å². The fourth-order valence-electron chi connectivity index (χ4n) is 3.38. The summed E-state index contributed by atoms with van der Waals surface area (Å²) in [6.45, 7) is 3.26.